The largest absolute Gasteiger partial charge is 0.490 e. The van der Waals surface area contributed by atoms with E-state index in [0.29, 0.717) is 5.56 Å². The van der Waals surface area contributed by atoms with E-state index >= 15 is 0 Å². The molecule has 0 heterocycles. The summed E-state index contributed by atoms with van der Waals surface area (Å²) in [5.41, 5.74) is 6.27. The van der Waals surface area contributed by atoms with Crippen LogP contribution in [0.25, 0.3) is 10.8 Å². The Morgan fingerprint density at radius 2 is 1.85 bits per heavy atom. The minimum Gasteiger partial charge on any atom is -0.490 e. The lowest BCUT2D eigenvalue weighted by atomic mass is 10.0. The molecular formula is C14H14F3NO2. The van der Waals surface area contributed by atoms with Gasteiger partial charge in [-0.1, -0.05) is 30.3 Å². The molecule has 0 saturated heterocycles. The van der Waals surface area contributed by atoms with E-state index in [9.17, 15) is 13.2 Å². The topological polar surface area (TPSA) is 55.5 Å². The van der Waals surface area contributed by atoms with Crippen molar-refractivity contribution in [3.05, 3.63) is 42.0 Å². The summed E-state index contributed by atoms with van der Waals surface area (Å²) in [4.78, 5) is 0. The summed E-state index contributed by atoms with van der Waals surface area (Å²) in [6, 6.07) is 10.7. The van der Waals surface area contributed by atoms with Gasteiger partial charge in [0.05, 0.1) is 0 Å². The van der Waals surface area contributed by atoms with Crippen molar-refractivity contribution in [1.29, 1.82) is 0 Å². The number of fused-ring (bicyclic) bond motifs is 1. The Balaban J connectivity index is 2.26. The minimum atomic E-state index is -4.69. The fourth-order valence-electron chi connectivity index (χ4n) is 1.92. The van der Waals surface area contributed by atoms with Crippen molar-refractivity contribution in [3.63, 3.8) is 0 Å². The number of rotatable bonds is 4. The lowest BCUT2D eigenvalue weighted by Crippen LogP contribution is -2.34. The SMILES string of the molecule is NCc1c(OCC(O)C(F)(F)F)ccc2ccccc12. The van der Waals surface area contributed by atoms with E-state index in [-0.39, 0.29) is 12.3 Å². The number of hydrogen-bond acceptors (Lipinski definition) is 3. The normalized spacial score (nSPS) is 13.4. The Kier molecular flexibility index (Phi) is 4.15. The zero-order chi connectivity index (χ0) is 14.8. The van der Waals surface area contributed by atoms with Crippen LogP contribution in [0.4, 0.5) is 13.2 Å². The molecule has 0 amide bonds. The summed E-state index contributed by atoms with van der Waals surface area (Å²) in [6.45, 7) is -0.715. The molecule has 108 valence electrons. The highest BCUT2D eigenvalue weighted by atomic mass is 19.4. The van der Waals surface area contributed by atoms with Crippen molar-refractivity contribution in [3.8, 4) is 5.75 Å². The van der Waals surface area contributed by atoms with Crippen LogP contribution in [0.1, 0.15) is 5.56 Å². The van der Waals surface area contributed by atoms with Gasteiger partial charge in [0.2, 0.25) is 0 Å². The molecule has 1 unspecified atom stereocenters. The van der Waals surface area contributed by atoms with Crippen LogP contribution in [0.3, 0.4) is 0 Å². The lowest BCUT2D eigenvalue weighted by molar-refractivity contribution is -0.210. The first-order valence-corrected chi connectivity index (χ1v) is 6.01. The highest BCUT2D eigenvalue weighted by molar-refractivity contribution is 5.87. The Bertz CT molecular complexity index is 598. The molecule has 0 aliphatic rings. The van der Waals surface area contributed by atoms with Crippen LogP contribution in [-0.2, 0) is 6.54 Å². The second-order valence-corrected chi connectivity index (χ2v) is 4.34. The molecule has 0 aliphatic carbocycles. The van der Waals surface area contributed by atoms with Crippen LogP contribution in [0.15, 0.2) is 36.4 Å². The molecule has 0 aliphatic heterocycles. The van der Waals surface area contributed by atoms with E-state index in [1.165, 1.54) is 0 Å². The number of nitrogens with two attached hydrogens (primary N) is 1. The second-order valence-electron chi connectivity index (χ2n) is 4.34. The van der Waals surface area contributed by atoms with E-state index in [0.717, 1.165) is 10.8 Å². The van der Waals surface area contributed by atoms with Gasteiger partial charge in [0.25, 0.3) is 0 Å². The van der Waals surface area contributed by atoms with Gasteiger partial charge in [-0.15, -0.1) is 0 Å². The third kappa shape index (κ3) is 3.02. The van der Waals surface area contributed by atoms with Crippen LogP contribution >= 0.6 is 0 Å². The molecule has 0 fully saturated rings. The van der Waals surface area contributed by atoms with Gasteiger partial charge in [-0.05, 0) is 16.8 Å². The number of aliphatic hydroxyl groups is 1. The number of halogens is 3. The van der Waals surface area contributed by atoms with Crippen molar-refractivity contribution < 1.29 is 23.0 Å². The van der Waals surface area contributed by atoms with Gasteiger partial charge in [0, 0.05) is 12.1 Å². The molecule has 2 rings (SSSR count). The molecule has 0 aromatic heterocycles. The van der Waals surface area contributed by atoms with Gasteiger partial charge in [-0.25, -0.2) is 0 Å². The van der Waals surface area contributed by atoms with Crippen LogP contribution in [-0.4, -0.2) is 24.0 Å². The predicted molar refractivity (Wildman–Crippen MR) is 69.4 cm³/mol. The summed E-state index contributed by atoms with van der Waals surface area (Å²) >= 11 is 0. The molecule has 1 atom stereocenters. The molecule has 3 nitrogen and oxygen atoms in total. The number of ether oxygens (including phenoxy) is 1. The van der Waals surface area contributed by atoms with Gasteiger partial charge in [0.15, 0.2) is 6.10 Å². The van der Waals surface area contributed by atoms with E-state index in [4.69, 9.17) is 15.6 Å². The average Bonchev–Trinajstić information content (AvgIpc) is 2.42. The molecule has 3 N–H and O–H groups in total. The first-order valence-electron chi connectivity index (χ1n) is 6.01. The molecular weight excluding hydrogens is 271 g/mol. The third-order valence-corrected chi connectivity index (χ3v) is 2.98. The molecule has 0 radical (unpaired) electrons. The van der Waals surface area contributed by atoms with Crippen molar-refractivity contribution in [1.82, 2.24) is 0 Å². The Morgan fingerprint density at radius 1 is 1.15 bits per heavy atom. The first kappa shape index (κ1) is 14.6. The highest BCUT2D eigenvalue weighted by Gasteiger charge is 2.38. The van der Waals surface area contributed by atoms with Crippen LogP contribution in [0.2, 0.25) is 0 Å². The van der Waals surface area contributed by atoms with Gasteiger partial charge in [0.1, 0.15) is 12.4 Å². The number of hydrogen-bond donors (Lipinski definition) is 2. The molecule has 2 aromatic rings. The first-order chi connectivity index (χ1) is 9.43. The van der Waals surface area contributed by atoms with Gasteiger partial charge in [-0.2, -0.15) is 13.2 Å². The quantitative estimate of drug-likeness (QED) is 0.908. The summed E-state index contributed by atoms with van der Waals surface area (Å²) in [5.74, 6) is 0.259. The average molecular weight is 285 g/mol. The van der Waals surface area contributed by atoms with E-state index in [1.807, 2.05) is 24.3 Å². The molecule has 6 heteroatoms. The zero-order valence-electron chi connectivity index (χ0n) is 10.5. The van der Waals surface area contributed by atoms with E-state index in [2.05, 4.69) is 0 Å². The molecule has 0 spiro atoms. The van der Waals surface area contributed by atoms with Gasteiger partial charge in [-0.3, -0.25) is 0 Å². The fourth-order valence-corrected chi connectivity index (χ4v) is 1.92. The fraction of sp³-hybridized carbons (Fsp3) is 0.286. The Hall–Kier alpha value is -1.79. The van der Waals surface area contributed by atoms with Crippen molar-refractivity contribution in [2.24, 2.45) is 5.73 Å². The monoisotopic (exact) mass is 285 g/mol. The number of alkyl halides is 3. The summed E-state index contributed by atoms with van der Waals surface area (Å²) in [5, 5.41) is 10.7. The number of aliphatic hydroxyl groups excluding tert-OH is 1. The second kappa shape index (κ2) is 5.68. The van der Waals surface area contributed by atoms with Gasteiger partial charge >= 0.3 is 6.18 Å². The maximum atomic E-state index is 12.2. The summed E-state index contributed by atoms with van der Waals surface area (Å²) in [7, 11) is 0. The van der Waals surface area contributed by atoms with Crippen molar-refractivity contribution in [2.45, 2.75) is 18.8 Å². The van der Waals surface area contributed by atoms with Crippen LogP contribution in [0, 0.1) is 0 Å². The van der Waals surface area contributed by atoms with E-state index < -0.39 is 18.9 Å². The lowest BCUT2D eigenvalue weighted by Gasteiger charge is -2.17. The number of benzene rings is 2. The van der Waals surface area contributed by atoms with Gasteiger partial charge < -0.3 is 15.6 Å². The Labute approximate surface area is 113 Å². The molecule has 2 aromatic carbocycles. The maximum absolute atomic E-state index is 12.2. The van der Waals surface area contributed by atoms with Crippen LogP contribution < -0.4 is 10.5 Å². The molecule has 20 heavy (non-hydrogen) atoms. The predicted octanol–water partition coefficient (Wildman–Crippen LogP) is 2.60. The van der Waals surface area contributed by atoms with Crippen molar-refractivity contribution in [2.75, 3.05) is 6.61 Å². The summed E-state index contributed by atoms with van der Waals surface area (Å²) in [6.07, 6.45) is -7.21. The molecule has 0 saturated carbocycles. The summed E-state index contributed by atoms with van der Waals surface area (Å²) < 4.78 is 41.8. The Morgan fingerprint density at radius 3 is 2.50 bits per heavy atom. The van der Waals surface area contributed by atoms with Crippen molar-refractivity contribution >= 4 is 10.8 Å². The zero-order valence-corrected chi connectivity index (χ0v) is 10.5. The van der Waals surface area contributed by atoms with E-state index in [1.54, 1.807) is 12.1 Å². The highest BCUT2D eigenvalue weighted by Crippen LogP contribution is 2.28. The van der Waals surface area contributed by atoms with Crippen LogP contribution in [0.5, 0.6) is 5.75 Å². The maximum Gasteiger partial charge on any atom is 0.417 e. The standard InChI is InChI=1S/C14H14F3NO2/c15-14(16,17)13(19)8-20-12-6-5-9-3-1-2-4-10(9)11(12)7-18/h1-6,13,19H,7-8,18H2. The minimum absolute atomic E-state index is 0.138. The molecule has 0 bridgehead atoms. The smallest absolute Gasteiger partial charge is 0.417 e. The third-order valence-electron chi connectivity index (χ3n) is 2.98.